The van der Waals surface area contributed by atoms with Crippen molar-refractivity contribution in [3.8, 4) is 0 Å². The molecule has 1 aromatic carbocycles. The van der Waals surface area contributed by atoms with Crippen molar-refractivity contribution in [2.45, 2.75) is 24.6 Å². The van der Waals surface area contributed by atoms with Crippen LogP contribution in [0.15, 0.2) is 24.3 Å². The summed E-state index contributed by atoms with van der Waals surface area (Å²) in [6, 6.07) is 7.96. The molecular weight excluding hydrogens is 286 g/mol. The number of urea groups is 1. The highest BCUT2D eigenvalue weighted by Crippen LogP contribution is 2.27. The summed E-state index contributed by atoms with van der Waals surface area (Å²) in [7, 11) is 0. The van der Waals surface area contributed by atoms with E-state index >= 15 is 0 Å². The van der Waals surface area contributed by atoms with Crippen molar-refractivity contribution < 1.29 is 9.59 Å². The van der Waals surface area contributed by atoms with E-state index in [1.807, 2.05) is 23.1 Å². The third kappa shape index (κ3) is 3.32. The maximum atomic E-state index is 12.5. The first-order valence-corrected chi connectivity index (χ1v) is 8.33. The summed E-state index contributed by atoms with van der Waals surface area (Å²) in [6.45, 7) is 1.46. The van der Waals surface area contributed by atoms with Crippen molar-refractivity contribution in [2.24, 2.45) is 0 Å². The van der Waals surface area contributed by atoms with Crippen LogP contribution in [0.4, 0.5) is 10.5 Å². The summed E-state index contributed by atoms with van der Waals surface area (Å²) in [5.74, 6) is 0.527. The van der Waals surface area contributed by atoms with Crippen molar-refractivity contribution in [3.05, 3.63) is 29.8 Å². The van der Waals surface area contributed by atoms with Crippen LogP contribution in [-0.2, 0) is 11.2 Å². The molecule has 2 aliphatic rings. The number of hydrogen-bond acceptors (Lipinski definition) is 3. The van der Waals surface area contributed by atoms with Gasteiger partial charge in [-0.15, -0.1) is 11.8 Å². The minimum atomic E-state index is -0.144. The molecule has 6 heteroatoms. The second-order valence-corrected chi connectivity index (χ2v) is 6.46. The lowest BCUT2D eigenvalue weighted by Crippen LogP contribution is -2.48. The third-order valence-electron chi connectivity index (χ3n) is 3.80. The summed E-state index contributed by atoms with van der Waals surface area (Å²) in [5, 5.41) is 5.58. The molecule has 112 valence electrons. The topological polar surface area (TPSA) is 61.4 Å². The first kappa shape index (κ1) is 14.3. The lowest BCUT2D eigenvalue weighted by molar-refractivity contribution is -0.116. The van der Waals surface area contributed by atoms with E-state index in [9.17, 15) is 9.59 Å². The van der Waals surface area contributed by atoms with Gasteiger partial charge in [0, 0.05) is 18.8 Å². The molecule has 0 bridgehead atoms. The number of para-hydroxylation sites is 1. The molecule has 3 amide bonds. The number of anilines is 1. The number of nitrogens with one attached hydrogen (secondary N) is 2. The fourth-order valence-electron chi connectivity index (χ4n) is 2.75. The molecule has 0 saturated carbocycles. The van der Waals surface area contributed by atoms with E-state index in [0.29, 0.717) is 12.3 Å². The Morgan fingerprint density at radius 1 is 1.38 bits per heavy atom. The lowest BCUT2D eigenvalue weighted by Gasteiger charge is -2.30. The molecule has 1 unspecified atom stereocenters. The van der Waals surface area contributed by atoms with Crippen LogP contribution in [0.5, 0.6) is 0 Å². The van der Waals surface area contributed by atoms with Crippen LogP contribution in [-0.4, -0.2) is 36.2 Å². The molecule has 2 N–H and O–H groups in total. The van der Waals surface area contributed by atoms with Gasteiger partial charge >= 0.3 is 6.03 Å². The smallest absolute Gasteiger partial charge is 0.315 e. The van der Waals surface area contributed by atoms with Gasteiger partial charge < -0.3 is 15.5 Å². The Balaban J connectivity index is 1.60. The number of aryl methyl sites for hydroxylation is 1. The van der Waals surface area contributed by atoms with Crippen molar-refractivity contribution in [2.75, 3.05) is 23.7 Å². The number of fused-ring (bicyclic) bond motifs is 1. The van der Waals surface area contributed by atoms with Gasteiger partial charge in [-0.25, -0.2) is 4.79 Å². The number of amides is 3. The molecule has 0 spiro atoms. The van der Waals surface area contributed by atoms with E-state index in [4.69, 9.17) is 0 Å². The Morgan fingerprint density at radius 3 is 3.10 bits per heavy atom. The maximum absolute atomic E-state index is 12.5. The van der Waals surface area contributed by atoms with Gasteiger partial charge in [-0.3, -0.25) is 4.79 Å². The number of benzene rings is 1. The molecule has 0 aromatic heterocycles. The van der Waals surface area contributed by atoms with Crippen LogP contribution in [0.2, 0.25) is 0 Å². The minimum absolute atomic E-state index is 0.0303. The molecule has 21 heavy (non-hydrogen) atoms. The van der Waals surface area contributed by atoms with Gasteiger partial charge in [0.25, 0.3) is 0 Å². The van der Waals surface area contributed by atoms with Crippen LogP contribution >= 0.6 is 11.8 Å². The van der Waals surface area contributed by atoms with Gasteiger partial charge in [0.05, 0.1) is 11.1 Å². The highest BCUT2D eigenvalue weighted by atomic mass is 32.2. The van der Waals surface area contributed by atoms with Crippen molar-refractivity contribution in [1.29, 1.82) is 0 Å². The number of carbonyl (C=O) groups excluding carboxylic acids is 2. The molecule has 1 aromatic rings. The van der Waals surface area contributed by atoms with Crippen LogP contribution in [0.1, 0.15) is 18.4 Å². The molecule has 5 nitrogen and oxygen atoms in total. The Hall–Kier alpha value is -1.69. The monoisotopic (exact) mass is 305 g/mol. The van der Waals surface area contributed by atoms with Gasteiger partial charge in [0.2, 0.25) is 5.91 Å². The van der Waals surface area contributed by atoms with E-state index in [2.05, 4.69) is 16.7 Å². The zero-order chi connectivity index (χ0) is 14.7. The predicted octanol–water partition coefficient (Wildman–Crippen LogP) is 1.73. The second kappa shape index (κ2) is 6.39. The summed E-state index contributed by atoms with van der Waals surface area (Å²) < 4.78 is 0. The van der Waals surface area contributed by atoms with Gasteiger partial charge in [0.1, 0.15) is 0 Å². The fourth-order valence-corrected chi connectivity index (χ4v) is 3.73. The molecule has 0 aliphatic carbocycles. The second-order valence-electron chi connectivity index (χ2n) is 5.27. The predicted molar refractivity (Wildman–Crippen MR) is 84.5 cm³/mol. The van der Waals surface area contributed by atoms with Crippen molar-refractivity contribution >= 4 is 29.4 Å². The molecule has 2 aliphatic heterocycles. The molecule has 0 radical (unpaired) electrons. The number of rotatable bonds is 3. The molecule has 1 saturated heterocycles. The van der Waals surface area contributed by atoms with Gasteiger partial charge in [-0.1, -0.05) is 18.2 Å². The van der Waals surface area contributed by atoms with Crippen molar-refractivity contribution in [1.82, 2.24) is 10.6 Å². The minimum Gasteiger partial charge on any atom is -0.338 e. The van der Waals surface area contributed by atoms with Gasteiger partial charge in [-0.2, -0.15) is 0 Å². The average molecular weight is 305 g/mol. The summed E-state index contributed by atoms with van der Waals surface area (Å²) in [5.41, 5.74) is 2.29. The zero-order valence-electron chi connectivity index (χ0n) is 11.8. The summed E-state index contributed by atoms with van der Waals surface area (Å²) in [4.78, 5) is 25.6. The highest BCUT2D eigenvalue weighted by molar-refractivity contribution is 8.00. The Labute approximate surface area is 128 Å². The van der Waals surface area contributed by atoms with E-state index in [0.717, 1.165) is 31.5 Å². The number of carbonyl (C=O) groups is 2. The van der Waals surface area contributed by atoms with E-state index in [1.165, 1.54) is 17.3 Å². The SMILES string of the molecule is O=C1NCCC(SCC(=O)N2CCCc3ccccc32)N1. The van der Waals surface area contributed by atoms with Crippen molar-refractivity contribution in [3.63, 3.8) is 0 Å². The van der Waals surface area contributed by atoms with Crippen LogP contribution < -0.4 is 15.5 Å². The van der Waals surface area contributed by atoms with Crippen LogP contribution in [0, 0.1) is 0 Å². The molecular formula is C15H19N3O2S. The summed E-state index contributed by atoms with van der Waals surface area (Å²) in [6.07, 6.45) is 2.90. The quantitative estimate of drug-likeness (QED) is 0.894. The highest BCUT2D eigenvalue weighted by Gasteiger charge is 2.24. The molecule has 1 atom stereocenters. The lowest BCUT2D eigenvalue weighted by atomic mass is 10.0. The number of nitrogens with zero attached hydrogens (tertiary/aromatic N) is 1. The van der Waals surface area contributed by atoms with E-state index < -0.39 is 0 Å². The zero-order valence-corrected chi connectivity index (χ0v) is 12.6. The van der Waals surface area contributed by atoms with E-state index in [1.54, 1.807) is 0 Å². The van der Waals surface area contributed by atoms with E-state index in [-0.39, 0.29) is 17.3 Å². The van der Waals surface area contributed by atoms with Gasteiger partial charge in [-0.05, 0) is 30.9 Å². The Kier molecular flexibility index (Phi) is 4.34. The number of thioether (sulfide) groups is 1. The fraction of sp³-hybridized carbons (Fsp3) is 0.467. The molecule has 2 heterocycles. The third-order valence-corrected chi connectivity index (χ3v) is 4.97. The average Bonchev–Trinajstić information content (AvgIpc) is 2.52. The standard InChI is InChI=1S/C15H19N3O2S/c19-14(10-21-13-7-8-16-15(20)17-13)18-9-3-5-11-4-1-2-6-12(11)18/h1-2,4,6,13H,3,5,7-10H2,(H2,16,17,20). The Morgan fingerprint density at radius 2 is 2.24 bits per heavy atom. The van der Waals surface area contributed by atoms with Crippen LogP contribution in [0.25, 0.3) is 0 Å². The first-order chi connectivity index (χ1) is 10.2. The largest absolute Gasteiger partial charge is 0.338 e. The van der Waals surface area contributed by atoms with Crippen LogP contribution in [0.3, 0.4) is 0 Å². The molecule has 3 rings (SSSR count). The first-order valence-electron chi connectivity index (χ1n) is 7.28. The maximum Gasteiger partial charge on any atom is 0.315 e. The van der Waals surface area contributed by atoms with Gasteiger partial charge in [0.15, 0.2) is 0 Å². The number of hydrogen-bond donors (Lipinski definition) is 2. The summed E-state index contributed by atoms with van der Waals surface area (Å²) >= 11 is 1.51. The normalized spacial score (nSPS) is 21.2. The Bertz CT molecular complexity index is 549. The molecule has 1 fully saturated rings.